The van der Waals surface area contributed by atoms with Crippen molar-refractivity contribution >= 4 is 0 Å². The maximum absolute atomic E-state index is 13.3. The van der Waals surface area contributed by atoms with E-state index in [9.17, 15) is 9.50 Å². The van der Waals surface area contributed by atoms with Gasteiger partial charge >= 0.3 is 0 Å². The number of benzene rings is 1. The standard InChI is InChI=1S/C16H19FN2O2/c1-2-10-3-5-11(6-4-10)15-18-16(21-19-15)13-9-12(17)7-8-14(13)20/h7-11,20H,2-6H2,1H3. The number of phenols is 1. The number of hydrogen-bond donors (Lipinski definition) is 1. The first-order chi connectivity index (χ1) is 10.2. The fourth-order valence-electron chi connectivity index (χ4n) is 3.02. The highest BCUT2D eigenvalue weighted by atomic mass is 19.1. The number of halogens is 1. The molecule has 1 aromatic heterocycles. The molecule has 3 rings (SSSR count). The van der Waals surface area contributed by atoms with Crippen LogP contribution in [0, 0.1) is 11.7 Å². The summed E-state index contributed by atoms with van der Waals surface area (Å²) in [4.78, 5) is 4.35. The smallest absolute Gasteiger partial charge is 0.261 e. The van der Waals surface area contributed by atoms with E-state index in [2.05, 4.69) is 17.1 Å². The van der Waals surface area contributed by atoms with Crippen molar-refractivity contribution in [3.8, 4) is 17.2 Å². The predicted octanol–water partition coefficient (Wildman–Crippen LogP) is 4.27. The van der Waals surface area contributed by atoms with Crippen LogP contribution in [0.1, 0.15) is 50.8 Å². The van der Waals surface area contributed by atoms with Gasteiger partial charge < -0.3 is 9.63 Å². The van der Waals surface area contributed by atoms with E-state index in [0.29, 0.717) is 11.7 Å². The molecular formula is C16H19FN2O2. The minimum absolute atomic E-state index is 0.0544. The van der Waals surface area contributed by atoms with Gasteiger partial charge in [-0.3, -0.25) is 0 Å². The van der Waals surface area contributed by atoms with Crippen LogP contribution in [0.15, 0.2) is 22.7 Å². The normalized spacial score (nSPS) is 22.4. The van der Waals surface area contributed by atoms with Crippen LogP contribution in [0.2, 0.25) is 0 Å². The number of nitrogens with zero attached hydrogens (tertiary/aromatic N) is 2. The first-order valence-electron chi connectivity index (χ1n) is 7.50. The Balaban J connectivity index is 1.79. The Morgan fingerprint density at radius 1 is 1.29 bits per heavy atom. The quantitative estimate of drug-likeness (QED) is 0.917. The summed E-state index contributed by atoms with van der Waals surface area (Å²) < 4.78 is 18.5. The van der Waals surface area contributed by atoms with Crippen LogP contribution in [-0.4, -0.2) is 15.2 Å². The Morgan fingerprint density at radius 2 is 2.05 bits per heavy atom. The average molecular weight is 290 g/mol. The van der Waals surface area contributed by atoms with Gasteiger partial charge in [0.2, 0.25) is 0 Å². The van der Waals surface area contributed by atoms with Crippen molar-refractivity contribution in [1.82, 2.24) is 10.1 Å². The summed E-state index contributed by atoms with van der Waals surface area (Å²) in [7, 11) is 0. The number of rotatable bonds is 3. The second-order valence-electron chi connectivity index (χ2n) is 5.75. The summed E-state index contributed by atoms with van der Waals surface area (Å²) in [5.41, 5.74) is 0.246. The Morgan fingerprint density at radius 3 is 2.76 bits per heavy atom. The second kappa shape index (κ2) is 5.84. The SMILES string of the molecule is CCC1CCC(c2noc(-c3cc(F)ccc3O)n2)CC1. The molecule has 0 radical (unpaired) electrons. The zero-order valence-electron chi connectivity index (χ0n) is 12.1. The zero-order valence-corrected chi connectivity index (χ0v) is 12.1. The summed E-state index contributed by atoms with van der Waals surface area (Å²) in [5.74, 6) is 1.47. The van der Waals surface area contributed by atoms with E-state index >= 15 is 0 Å². The Labute approximate surface area is 123 Å². The molecule has 0 spiro atoms. The number of hydrogen-bond acceptors (Lipinski definition) is 4. The van der Waals surface area contributed by atoms with E-state index in [1.807, 2.05) is 0 Å². The van der Waals surface area contributed by atoms with Crippen molar-refractivity contribution in [3.05, 3.63) is 29.8 Å². The molecule has 112 valence electrons. The van der Waals surface area contributed by atoms with Gasteiger partial charge in [-0.1, -0.05) is 18.5 Å². The molecule has 0 atom stereocenters. The first-order valence-corrected chi connectivity index (χ1v) is 7.50. The van der Waals surface area contributed by atoms with Gasteiger partial charge in [0, 0.05) is 5.92 Å². The van der Waals surface area contributed by atoms with Crippen LogP contribution >= 0.6 is 0 Å². The Bertz CT molecular complexity index is 618. The number of aromatic hydroxyl groups is 1. The number of phenolic OH excluding ortho intramolecular Hbond substituents is 1. The molecule has 21 heavy (non-hydrogen) atoms. The lowest BCUT2D eigenvalue weighted by atomic mass is 9.80. The van der Waals surface area contributed by atoms with Crippen LogP contribution in [0.25, 0.3) is 11.5 Å². The molecule has 1 aliphatic rings. The van der Waals surface area contributed by atoms with Crippen LogP contribution in [0.5, 0.6) is 5.75 Å². The van der Waals surface area contributed by atoms with Gasteiger partial charge in [-0.2, -0.15) is 4.98 Å². The molecule has 1 fully saturated rings. The molecule has 1 heterocycles. The zero-order chi connectivity index (χ0) is 14.8. The minimum Gasteiger partial charge on any atom is -0.507 e. The monoisotopic (exact) mass is 290 g/mol. The molecule has 1 saturated carbocycles. The van der Waals surface area contributed by atoms with Gasteiger partial charge in [-0.25, -0.2) is 4.39 Å². The molecule has 0 aliphatic heterocycles. The summed E-state index contributed by atoms with van der Waals surface area (Å²) >= 11 is 0. The third-order valence-corrected chi connectivity index (χ3v) is 4.42. The van der Waals surface area contributed by atoms with Crippen molar-refractivity contribution in [2.24, 2.45) is 5.92 Å². The number of aromatic nitrogens is 2. The third kappa shape index (κ3) is 2.91. The maximum atomic E-state index is 13.3. The van der Waals surface area contributed by atoms with E-state index in [1.54, 1.807) is 0 Å². The molecule has 2 aromatic rings. The van der Waals surface area contributed by atoms with Crippen molar-refractivity contribution in [2.75, 3.05) is 0 Å². The van der Waals surface area contributed by atoms with Crippen molar-refractivity contribution in [1.29, 1.82) is 0 Å². The van der Waals surface area contributed by atoms with Gasteiger partial charge in [-0.05, 0) is 49.8 Å². The van der Waals surface area contributed by atoms with E-state index in [4.69, 9.17) is 4.52 Å². The highest BCUT2D eigenvalue weighted by Gasteiger charge is 2.25. The van der Waals surface area contributed by atoms with E-state index in [1.165, 1.54) is 37.5 Å². The summed E-state index contributed by atoms with van der Waals surface area (Å²) in [5, 5.41) is 13.8. The molecule has 1 aliphatic carbocycles. The molecule has 5 heteroatoms. The topological polar surface area (TPSA) is 59.2 Å². The molecule has 0 amide bonds. The van der Waals surface area contributed by atoms with Crippen LogP contribution in [0.3, 0.4) is 0 Å². The fourth-order valence-corrected chi connectivity index (χ4v) is 3.02. The van der Waals surface area contributed by atoms with E-state index in [0.717, 1.165) is 18.8 Å². The summed E-state index contributed by atoms with van der Waals surface area (Å²) in [6.07, 6.45) is 5.73. The van der Waals surface area contributed by atoms with Gasteiger partial charge in [0.1, 0.15) is 11.6 Å². The molecule has 1 N–H and O–H groups in total. The average Bonchev–Trinajstić information content (AvgIpc) is 2.99. The van der Waals surface area contributed by atoms with E-state index < -0.39 is 5.82 Å². The van der Waals surface area contributed by atoms with Gasteiger partial charge in [-0.15, -0.1) is 0 Å². The largest absolute Gasteiger partial charge is 0.507 e. The Kier molecular flexibility index (Phi) is 3.90. The molecular weight excluding hydrogens is 271 g/mol. The maximum Gasteiger partial charge on any atom is 0.261 e. The molecule has 0 bridgehead atoms. The van der Waals surface area contributed by atoms with Crippen LogP contribution in [-0.2, 0) is 0 Å². The summed E-state index contributed by atoms with van der Waals surface area (Å²) in [6, 6.07) is 3.70. The molecule has 4 nitrogen and oxygen atoms in total. The predicted molar refractivity (Wildman–Crippen MR) is 76.3 cm³/mol. The van der Waals surface area contributed by atoms with Crippen molar-refractivity contribution in [2.45, 2.75) is 44.9 Å². The molecule has 0 saturated heterocycles. The minimum atomic E-state index is -0.439. The van der Waals surface area contributed by atoms with Gasteiger partial charge in [0.25, 0.3) is 5.89 Å². The highest BCUT2D eigenvalue weighted by Crippen LogP contribution is 2.37. The first kappa shape index (κ1) is 14.0. The van der Waals surface area contributed by atoms with Gasteiger partial charge in [0.05, 0.1) is 5.56 Å². The fraction of sp³-hybridized carbons (Fsp3) is 0.500. The lowest BCUT2D eigenvalue weighted by molar-refractivity contribution is 0.305. The molecule has 1 aromatic carbocycles. The van der Waals surface area contributed by atoms with Crippen LogP contribution in [0.4, 0.5) is 4.39 Å². The van der Waals surface area contributed by atoms with E-state index in [-0.39, 0.29) is 17.2 Å². The van der Waals surface area contributed by atoms with Gasteiger partial charge in [0.15, 0.2) is 5.82 Å². The second-order valence-corrected chi connectivity index (χ2v) is 5.75. The Hall–Kier alpha value is -1.91. The summed E-state index contributed by atoms with van der Waals surface area (Å²) in [6.45, 7) is 2.23. The highest BCUT2D eigenvalue weighted by molar-refractivity contribution is 5.61. The van der Waals surface area contributed by atoms with Crippen LogP contribution < -0.4 is 0 Å². The van der Waals surface area contributed by atoms with Crippen molar-refractivity contribution in [3.63, 3.8) is 0 Å². The lowest BCUT2D eigenvalue weighted by Gasteiger charge is -2.25. The van der Waals surface area contributed by atoms with Crippen molar-refractivity contribution < 1.29 is 14.0 Å². The third-order valence-electron chi connectivity index (χ3n) is 4.42. The molecule has 0 unspecified atom stereocenters. The lowest BCUT2D eigenvalue weighted by Crippen LogP contribution is -2.13.